The van der Waals surface area contributed by atoms with Crippen LogP contribution in [-0.4, -0.2) is 40.5 Å². The summed E-state index contributed by atoms with van der Waals surface area (Å²) in [6, 6.07) is 7.49. The summed E-state index contributed by atoms with van der Waals surface area (Å²) in [7, 11) is 0. The van der Waals surface area contributed by atoms with E-state index < -0.39 is 0 Å². The number of rotatable bonds is 5. The first-order valence-electron chi connectivity index (χ1n) is 10.0. The molecule has 0 bridgehead atoms. The van der Waals surface area contributed by atoms with E-state index in [2.05, 4.69) is 10.3 Å². The van der Waals surface area contributed by atoms with E-state index in [0.29, 0.717) is 16.4 Å². The predicted molar refractivity (Wildman–Crippen MR) is 114 cm³/mol. The highest BCUT2D eigenvalue weighted by atomic mass is 32.2. The second-order valence-corrected chi connectivity index (χ2v) is 9.38. The number of aromatic nitrogens is 1. The number of benzene rings is 1. The highest BCUT2D eigenvalue weighted by Gasteiger charge is 2.20. The average molecular weight is 416 g/mol. The van der Waals surface area contributed by atoms with Gasteiger partial charge in [0.15, 0.2) is 5.13 Å². The summed E-state index contributed by atoms with van der Waals surface area (Å²) in [5.41, 5.74) is 1.75. The lowest BCUT2D eigenvalue weighted by Gasteiger charge is -2.15. The fourth-order valence-electron chi connectivity index (χ4n) is 3.72. The molecule has 2 aromatic rings. The molecule has 0 radical (unpaired) electrons. The van der Waals surface area contributed by atoms with Crippen LogP contribution < -0.4 is 5.32 Å². The minimum atomic E-state index is -0.152. The normalized spacial score (nSPS) is 16.5. The standard InChI is InChI=1S/C21H25N3O2S2/c25-19(24-12-6-7-13-24)14-27-17-10-5-4-8-15(17)20(26)23-21-22-16-9-2-1-3-11-18(16)28-21/h4-5,8,10H,1-3,6-7,9,11-14H2,(H,22,23,26). The molecule has 0 saturated carbocycles. The minimum Gasteiger partial charge on any atom is -0.342 e. The number of likely N-dealkylation sites (tertiary alicyclic amines) is 1. The molecule has 7 heteroatoms. The van der Waals surface area contributed by atoms with Crippen molar-refractivity contribution in [1.29, 1.82) is 0 Å². The maximum Gasteiger partial charge on any atom is 0.258 e. The molecule has 1 aromatic heterocycles. The van der Waals surface area contributed by atoms with Gasteiger partial charge in [0.05, 0.1) is 17.0 Å². The van der Waals surface area contributed by atoms with E-state index in [9.17, 15) is 9.59 Å². The van der Waals surface area contributed by atoms with Gasteiger partial charge in [-0.1, -0.05) is 18.6 Å². The SMILES string of the molecule is O=C(Nc1nc2c(s1)CCCCC2)c1ccccc1SCC(=O)N1CCCC1. The van der Waals surface area contributed by atoms with Crippen molar-refractivity contribution in [3.8, 4) is 0 Å². The summed E-state index contributed by atoms with van der Waals surface area (Å²) in [5, 5.41) is 3.66. The third-order valence-electron chi connectivity index (χ3n) is 5.26. The maximum atomic E-state index is 12.9. The van der Waals surface area contributed by atoms with Gasteiger partial charge in [0.1, 0.15) is 0 Å². The van der Waals surface area contributed by atoms with Gasteiger partial charge in [-0.25, -0.2) is 4.98 Å². The number of nitrogens with zero attached hydrogens (tertiary/aromatic N) is 2. The number of hydrogen-bond donors (Lipinski definition) is 1. The van der Waals surface area contributed by atoms with Crippen molar-refractivity contribution < 1.29 is 9.59 Å². The van der Waals surface area contributed by atoms with Crippen molar-refractivity contribution in [3.63, 3.8) is 0 Å². The van der Waals surface area contributed by atoms with Gasteiger partial charge in [-0.2, -0.15) is 0 Å². The van der Waals surface area contributed by atoms with Crippen LogP contribution in [0.3, 0.4) is 0 Å². The van der Waals surface area contributed by atoms with E-state index in [0.717, 1.165) is 49.4 Å². The second kappa shape index (κ2) is 9.09. The molecule has 4 rings (SSSR count). The van der Waals surface area contributed by atoms with E-state index in [4.69, 9.17) is 0 Å². The van der Waals surface area contributed by atoms with Crippen LogP contribution in [0.1, 0.15) is 53.0 Å². The summed E-state index contributed by atoms with van der Waals surface area (Å²) in [5.74, 6) is 0.373. The Morgan fingerprint density at radius 3 is 2.71 bits per heavy atom. The number of anilines is 1. The zero-order valence-corrected chi connectivity index (χ0v) is 17.5. The van der Waals surface area contributed by atoms with Crippen molar-refractivity contribution in [2.24, 2.45) is 0 Å². The molecule has 0 atom stereocenters. The average Bonchev–Trinajstić information content (AvgIpc) is 3.32. The third kappa shape index (κ3) is 4.58. The van der Waals surface area contributed by atoms with Crippen molar-refractivity contribution in [2.75, 3.05) is 24.2 Å². The van der Waals surface area contributed by atoms with E-state index in [1.54, 1.807) is 11.3 Å². The van der Waals surface area contributed by atoms with Gasteiger partial charge in [0.25, 0.3) is 5.91 Å². The first-order chi connectivity index (χ1) is 13.7. The van der Waals surface area contributed by atoms with Gasteiger partial charge in [0, 0.05) is 22.9 Å². The summed E-state index contributed by atoms with van der Waals surface area (Å²) in [6.45, 7) is 1.71. The molecule has 5 nitrogen and oxygen atoms in total. The van der Waals surface area contributed by atoms with Crippen LogP contribution in [0.15, 0.2) is 29.2 Å². The van der Waals surface area contributed by atoms with Crippen LogP contribution in [-0.2, 0) is 17.6 Å². The lowest BCUT2D eigenvalue weighted by Crippen LogP contribution is -2.29. The predicted octanol–water partition coefficient (Wildman–Crippen LogP) is 4.38. The van der Waals surface area contributed by atoms with Crippen molar-refractivity contribution in [1.82, 2.24) is 9.88 Å². The van der Waals surface area contributed by atoms with Crippen molar-refractivity contribution in [2.45, 2.75) is 49.8 Å². The highest BCUT2D eigenvalue weighted by molar-refractivity contribution is 8.00. The molecule has 1 aromatic carbocycles. The molecule has 1 aliphatic heterocycles. The summed E-state index contributed by atoms with van der Waals surface area (Å²) >= 11 is 3.04. The van der Waals surface area contributed by atoms with E-state index in [1.807, 2.05) is 29.2 Å². The molecular formula is C21H25N3O2S2. The Kier molecular flexibility index (Phi) is 6.32. The highest BCUT2D eigenvalue weighted by Crippen LogP contribution is 2.30. The minimum absolute atomic E-state index is 0.152. The number of carbonyl (C=O) groups excluding carboxylic acids is 2. The summed E-state index contributed by atoms with van der Waals surface area (Å²) < 4.78 is 0. The lowest BCUT2D eigenvalue weighted by atomic mass is 10.2. The summed E-state index contributed by atoms with van der Waals surface area (Å²) in [4.78, 5) is 33.9. The van der Waals surface area contributed by atoms with Crippen LogP contribution in [0.4, 0.5) is 5.13 Å². The second-order valence-electron chi connectivity index (χ2n) is 7.28. The van der Waals surface area contributed by atoms with Gasteiger partial charge in [-0.15, -0.1) is 23.1 Å². The Morgan fingerprint density at radius 1 is 1.07 bits per heavy atom. The number of aryl methyl sites for hydroxylation is 2. The number of thiazole rings is 1. The fourth-order valence-corrected chi connectivity index (χ4v) is 5.72. The molecule has 1 aliphatic carbocycles. The largest absolute Gasteiger partial charge is 0.342 e. The molecule has 2 heterocycles. The van der Waals surface area contributed by atoms with Crippen LogP contribution in [0.5, 0.6) is 0 Å². The molecule has 0 unspecified atom stereocenters. The van der Waals surface area contributed by atoms with Crippen LogP contribution >= 0.6 is 23.1 Å². The van der Waals surface area contributed by atoms with E-state index >= 15 is 0 Å². The quantitative estimate of drug-likeness (QED) is 0.581. The molecule has 28 heavy (non-hydrogen) atoms. The third-order valence-corrected chi connectivity index (χ3v) is 7.39. The molecular weight excluding hydrogens is 390 g/mol. The zero-order chi connectivity index (χ0) is 19.3. The number of amides is 2. The van der Waals surface area contributed by atoms with Crippen LogP contribution in [0.2, 0.25) is 0 Å². The first-order valence-corrected chi connectivity index (χ1v) is 11.8. The van der Waals surface area contributed by atoms with Gasteiger partial charge in [0.2, 0.25) is 5.91 Å². The van der Waals surface area contributed by atoms with Crippen LogP contribution in [0, 0.1) is 0 Å². The monoisotopic (exact) mass is 415 g/mol. The zero-order valence-electron chi connectivity index (χ0n) is 15.9. The first kappa shape index (κ1) is 19.5. The topological polar surface area (TPSA) is 62.3 Å². The lowest BCUT2D eigenvalue weighted by molar-refractivity contribution is -0.127. The smallest absolute Gasteiger partial charge is 0.258 e. The van der Waals surface area contributed by atoms with Gasteiger partial charge < -0.3 is 4.90 Å². The number of fused-ring (bicyclic) bond motifs is 1. The Labute approximate surface area is 173 Å². The van der Waals surface area contributed by atoms with Crippen molar-refractivity contribution >= 4 is 40.0 Å². The molecule has 2 amide bonds. The Hall–Kier alpha value is -1.86. The van der Waals surface area contributed by atoms with Gasteiger partial charge in [-0.05, 0) is 50.7 Å². The molecule has 1 N–H and O–H groups in total. The van der Waals surface area contributed by atoms with Gasteiger partial charge in [-0.3, -0.25) is 14.9 Å². The molecule has 2 aliphatic rings. The van der Waals surface area contributed by atoms with Crippen LogP contribution in [0.25, 0.3) is 0 Å². The molecule has 1 saturated heterocycles. The van der Waals surface area contributed by atoms with Crippen molar-refractivity contribution in [3.05, 3.63) is 40.4 Å². The molecule has 0 spiro atoms. The number of thioether (sulfide) groups is 1. The summed E-state index contributed by atoms with van der Waals surface area (Å²) in [6.07, 6.45) is 7.88. The Balaban J connectivity index is 1.42. The van der Waals surface area contributed by atoms with E-state index in [1.165, 1.54) is 35.9 Å². The Bertz CT molecular complexity index is 836. The molecule has 148 valence electrons. The maximum absolute atomic E-state index is 12.9. The van der Waals surface area contributed by atoms with E-state index in [-0.39, 0.29) is 11.8 Å². The number of nitrogens with one attached hydrogen (secondary N) is 1. The van der Waals surface area contributed by atoms with Gasteiger partial charge >= 0.3 is 0 Å². The molecule has 1 fully saturated rings. The fraction of sp³-hybridized carbons (Fsp3) is 0.476. The Morgan fingerprint density at radius 2 is 1.86 bits per heavy atom. The number of carbonyl (C=O) groups is 2. The number of hydrogen-bond acceptors (Lipinski definition) is 5.